The number of aliphatic hydroxyl groups is 1. The number of hydrogen-bond acceptors (Lipinski definition) is 15. The van der Waals surface area contributed by atoms with Crippen LogP contribution in [0.15, 0.2) is 0 Å². The second-order valence-electron chi connectivity index (χ2n) is 28.9. The fourth-order valence-corrected chi connectivity index (χ4v) is 13.0. The number of unbranched alkanes of at least 4 members (excludes halogenated alkanes) is 38. The van der Waals surface area contributed by atoms with Gasteiger partial charge in [0, 0.05) is 25.7 Å². The largest absolute Gasteiger partial charge is 0.472 e. The first-order valence-electron chi connectivity index (χ1n) is 38.7. The van der Waals surface area contributed by atoms with Crippen LogP contribution >= 0.6 is 15.6 Å². The molecule has 0 aromatic heterocycles. The summed E-state index contributed by atoms with van der Waals surface area (Å²) >= 11 is 0. The van der Waals surface area contributed by atoms with Gasteiger partial charge in [-0.1, -0.05) is 325 Å². The minimum atomic E-state index is -4.96. The molecule has 0 fully saturated rings. The first kappa shape index (κ1) is 92.1. The third-order valence-corrected chi connectivity index (χ3v) is 19.2. The average Bonchev–Trinajstić information content (AvgIpc) is 2.19. The second kappa shape index (κ2) is 64.4. The Morgan fingerprint density at radius 1 is 0.266 bits per heavy atom. The number of phosphoric acid groups is 2. The molecule has 0 aliphatic rings. The molecular formula is C75H146O17P2. The van der Waals surface area contributed by atoms with E-state index in [1.54, 1.807) is 0 Å². The molecule has 0 aromatic carbocycles. The molecule has 3 N–H and O–H groups in total. The summed E-state index contributed by atoms with van der Waals surface area (Å²) in [6, 6.07) is 0. The standard InChI is InChI=1S/C75H146O17P2/c1-65(2)51-43-35-27-19-14-10-9-11-16-22-31-39-47-55-72(77)85-61-70(91-74(79)57-49-41-33-23-17-13-12-15-20-28-36-44-52-66(3)4)63-89-93(81,82)87-59-69(76)60-88-94(83,84)90-64-71(62-86-73(78)56-48-40-32-26-25-30-38-46-54-68(7)8)92-75(80)58-50-42-34-24-18-21-29-37-45-53-67(5)6/h65-71,76H,9-64H2,1-8H3,(H,81,82)(H,83,84)/t69?,70-,71-/m1/s1. The minimum absolute atomic E-state index is 0.104. The van der Waals surface area contributed by atoms with Crippen LogP contribution in [-0.2, 0) is 65.4 Å². The van der Waals surface area contributed by atoms with Gasteiger partial charge in [0.25, 0.3) is 0 Å². The maximum atomic E-state index is 13.1. The number of aliphatic hydroxyl groups excluding tert-OH is 1. The Morgan fingerprint density at radius 2 is 0.447 bits per heavy atom. The normalized spacial score (nSPS) is 14.2. The third-order valence-electron chi connectivity index (χ3n) is 17.3. The van der Waals surface area contributed by atoms with Crippen LogP contribution in [0.5, 0.6) is 0 Å². The molecule has 0 rings (SSSR count). The molecule has 0 aliphatic carbocycles. The zero-order valence-electron chi connectivity index (χ0n) is 61.6. The molecule has 0 saturated carbocycles. The summed E-state index contributed by atoms with van der Waals surface area (Å²) in [5.74, 6) is 0.908. The summed E-state index contributed by atoms with van der Waals surface area (Å²) < 4.78 is 68.5. The molecule has 5 atom stereocenters. The monoisotopic (exact) mass is 1380 g/mol. The van der Waals surface area contributed by atoms with E-state index in [2.05, 4.69) is 55.4 Å². The highest BCUT2D eigenvalue weighted by Gasteiger charge is 2.30. The quantitative estimate of drug-likeness (QED) is 0.0222. The Hall–Kier alpha value is -1.94. The summed E-state index contributed by atoms with van der Waals surface area (Å²) in [6.45, 7) is 14.2. The van der Waals surface area contributed by atoms with Gasteiger partial charge < -0.3 is 33.8 Å². The lowest BCUT2D eigenvalue weighted by Crippen LogP contribution is -2.30. The summed E-state index contributed by atoms with van der Waals surface area (Å²) in [4.78, 5) is 72.8. The van der Waals surface area contributed by atoms with Crippen LogP contribution in [0.25, 0.3) is 0 Å². The summed E-state index contributed by atoms with van der Waals surface area (Å²) in [5, 5.41) is 10.6. The highest BCUT2D eigenvalue weighted by atomic mass is 31.2. The predicted octanol–water partition coefficient (Wildman–Crippen LogP) is 21.7. The Bertz CT molecular complexity index is 1850. The van der Waals surface area contributed by atoms with E-state index in [4.69, 9.17) is 37.0 Å². The number of phosphoric ester groups is 2. The highest BCUT2D eigenvalue weighted by Crippen LogP contribution is 2.45. The van der Waals surface area contributed by atoms with Crippen molar-refractivity contribution in [1.82, 2.24) is 0 Å². The van der Waals surface area contributed by atoms with Gasteiger partial charge in [-0.3, -0.25) is 37.3 Å². The lowest BCUT2D eigenvalue weighted by Gasteiger charge is -2.21. The first-order chi connectivity index (χ1) is 45.1. The van der Waals surface area contributed by atoms with Crippen molar-refractivity contribution in [1.29, 1.82) is 0 Å². The van der Waals surface area contributed by atoms with Gasteiger partial charge in [0.15, 0.2) is 12.2 Å². The fourth-order valence-electron chi connectivity index (χ4n) is 11.4. The molecule has 0 radical (unpaired) electrons. The molecular weight excluding hydrogens is 1230 g/mol. The Balaban J connectivity index is 5.26. The maximum Gasteiger partial charge on any atom is 0.472 e. The lowest BCUT2D eigenvalue weighted by molar-refractivity contribution is -0.161. The van der Waals surface area contributed by atoms with E-state index >= 15 is 0 Å². The molecule has 558 valence electrons. The van der Waals surface area contributed by atoms with Crippen molar-refractivity contribution < 1.29 is 80.2 Å². The average molecular weight is 1380 g/mol. The number of rotatable bonds is 72. The van der Waals surface area contributed by atoms with Crippen LogP contribution in [0.2, 0.25) is 0 Å². The minimum Gasteiger partial charge on any atom is -0.462 e. The van der Waals surface area contributed by atoms with Crippen LogP contribution in [0.3, 0.4) is 0 Å². The van der Waals surface area contributed by atoms with Crippen LogP contribution in [0.1, 0.15) is 376 Å². The van der Waals surface area contributed by atoms with Gasteiger partial charge in [0.2, 0.25) is 0 Å². The van der Waals surface area contributed by atoms with Crippen molar-refractivity contribution in [3.63, 3.8) is 0 Å². The van der Waals surface area contributed by atoms with Gasteiger partial charge in [-0.2, -0.15) is 0 Å². The molecule has 3 unspecified atom stereocenters. The summed E-state index contributed by atoms with van der Waals surface area (Å²) in [5.41, 5.74) is 0. The molecule has 19 heteroatoms. The SMILES string of the molecule is CC(C)CCCCCCCCCCCCCCCC(=O)OC[C@H](COP(=O)(O)OCC(O)COP(=O)(O)OC[C@@H](COC(=O)CCCCCCCCCCC(C)C)OC(=O)CCCCCCCCCCCC(C)C)OC(=O)CCCCCCCCCCCCCCC(C)C. The topological polar surface area (TPSA) is 237 Å². The van der Waals surface area contributed by atoms with E-state index in [9.17, 15) is 43.2 Å². The molecule has 17 nitrogen and oxygen atoms in total. The molecule has 94 heavy (non-hydrogen) atoms. The van der Waals surface area contributed by atoms with E-state index in [0.29, 0.717) is 25.7 Å². The van der Waals surface area contributed by atoms with Gasteiger partial charge in [-0.15, -0.1) is 0 Å². The van der Waals surface area contributed by atoms with Gasteiger partial charge >= 0.3 is 39.5 Å². The molecule has 0 amide bonds. The van der Waals surface area contributed by atoms with Crippen LogP contribution in [0.4, 0.5) is 0 Å². The van der Waals surface area contributed by atoms with E-state index < -0.39 is 97.5 Å². The van der Waals surface area contributed by atoms with Crippen LogP contribution in [-0.4, -0.2) is 96.7 Å². The van der Waals surface area contributed by atoms with E-state index in [0.717, 1.165) is 114 Å². The van der Waals surface area contributed by atoms with Crippen LogP contribution in [0, 0.1) is 23.7 Å². The predicted molar refractivity (Wildman–Crippen MR) is 381 cm³/mol. The zero-order valence-corrected chi connectivity index (χ0v) is 63.4. The van der Waals surface area contributed by atoms with E-state index in [-0.39, 0.29) is 25.7 Å². The van der Waals surface area contributed by atoms with Gasteiger partial charge in [-0.25, -0.2) is 9.13 Å². The van der Waals surface area contributed by atoms with Gasteiger partial charge in [0.1, 0.15) is 19.3 Å². The molecule has 0 bridgehead atoms. The van der Waals surface area contributed by atoms with Crippen molar-refractivity contribution in [2.75, 3.05) is 39.6 Å². The first-order valence-corrected chi connectivity index (χ1v) is 41.7. The van der Waals surface area contributed by atoms with Crippen molar-refractivity contribution in [3.8, 4) is 0 Å². The second-order valence-corrected chi connectivity index (χ2v) is 31.9. The van der Waals surface area contributed by atoms with Crippen LogP contribution < -0.4 is 0 Å². The number of hydrogen-bond donors (Lipinski definition) is 3. The molecule has 0 heterocycles. The smallest absolute Gasteiger partial charge is 0.462 e. The lowest BCUT2D eigenvalue weighted by atomic mass is 10.0. The van der Waals surface area contributed by atoms with E-state index in [1.807, 2.05) is 0 Å². The number of carbonyl (C=O) groups excluding carboxylic acids is 4. The Labute approximate surface area is 575 Å². The Morgan fingerprint density at radius 3 is 0.660 bits per heavy atom. The van der Waals surface area contributed by atoms with Gasteiger partial charge in [0.05, 0.1) is 26.4 Å². The van der Waals surface area contributed by atoms with Crippen molar-refractivity contribution in [2.24, 2.45) is 23.7 Å². The number of ether oxygens (including phenoxy) is 4. The Kier molecular flexibility index (Phi) is 63.1. The summed E-state index contributed by atoms with van der Waals surface area (Å²) in [7, 11) is -9.91. The van der Waals surface area contributed by atoms with Crippen molar-refractivity contribution in [3.05, 3.63) is 0 Å². The molecule has 0 spiro atoms. The number of carbonyl (C=O) groups is 4. The number of esters is 4. The summed E-state index contributed by atoms with van der Waals surface area (Å²) in [6.07, 6.45) is 48.6. The van der Waals surface area contributed by atoms with E-state index in [1.165, 1.54) is 180 Å². The third kappa shape index (κ3) is 68.6. The molecule has 0 saturated heterocycles. The van der Waals surface area contributed by atoms with Gasteiger partial charge in [-0.05, 0) is 49.4 Å². The highest BCUT2D eigenvalue weighted by molar-refractivity contribution is 7.47. The van der Waals surface area contributed by atoms with Crippen molar-refractivity contribution in [2.45, 2.75) is 395 Å². The zero-order chi connectivity index (χ0) is 69.6. The van der Waals surface area contributed by atoms with Crippen molar-refractivity contribution >= 4 is 39.5 Å². The fraction of sp³-hybridized carbons (Fsp3) is 0.947. The maximum absolute atomic E-state index is 13.1. The molecule has 0 aliphatic heterocycles. The molecule has 0 aromatic rings.